The summed E-state index contributed by atoms with van der Waals surface area (Å²) >= 11 is 0. The lowest BCUT2D eigenvalue weighted by molar-refractivity contribution is 0.0736. The van der Waals surface area contributed by atoms with Gasteiger partial charge in [-0.25, -0.2) is 4.79 Å². The van der Waals surface area contributed by atoms with E-state index in [1.807, 2.05) is 48.5 Å². The van der Waals surface area contributed by atoms with Gasteiger partial charge in [0.15, 0.2) is 0 Å². The summed E-state index contributed by atoms with van der Waals surface area (Å²) in [5, 5.41) is 2.32. The molecule has 2 heteroatoms. The molecule has 0 saturated carbocycles. The van der Waals surface area contributed by atoms with Gasteiger partial charge in [0.1, 0.15) is 5.75 Å². The minimum Gasteiger partial charge on any atom is -0.423 e. The first-order valence-corrected chi connectivity index (χ1v) is 6.63. The lowest BCUT2D eigenvalue weighted by Gasteiger charge is -2.09. The van der Waals surface area contributed by atoms with E-state index < -0.39 is 0 Å². The van der Waals surface area contributed by atoms with Gasteiger partial charge in [0, 0.05) is 12.0 Å². The van der Waals surface area contributed by atoms with Gasteiger partial charge in [-0.1, -0.05) is 48.5 Å². The quantitative estimate of drug-likeness (QED) is 0.451. The predicted molar refractivity (Wildman–Crippen MR) is 78.2 cm³/mol. The van der Waals surface area contributed by atoms with Crippen molar-refractivity contribution in [3.63, 3.8) is 0 Å². The fraction of sp³-hybridized carbons (Fsp3) is 0.0556. The highest BCUT2D eigenvalue weighted by Crippen LogP contribution is 2.33. The molecule has 0 unspecified atom stereocenters. The summed E-state index contributed by atoms with van der Waals surface area (Å²) in [4.78, 5) is 12.2. The van der Waals surface area contributed by atoms with Gasteiger partial charge in [-0.2, -0.15) is 0 Å². The number of esters is 1. The predicted octanol–water partition coefficient (Wildman–Crippen LogP) is 3.96. The Morgan fingerprint density at radius 1 is 0.850 bits per heavy atom. The van der Waals surface area contributed by atoms with Crippen LogP contribution in [-0.4, -0.2) is 5.97 Å². The lowest BCUT2D eigenvalue weighted by atomic mass is 9.96. The number of carbonyl (C=O) groups excluding carboxylic acids is 1. The normalized spacial score (nSPS) is 13.3. The highest BCUT2D eigenvalue weighted by molar-refractivity contribution is 5.96. The number of ether oxygens (including phenoxy) is 1. The molecule has 0 amide bonds. The van der Waals surface area contributed by atoms with Crippen molar-refractivity contribution in [2.45, 2.75) is 6.42 Å². The molecule has 0 aliphatic carbocycles. The molecule has 1 aliphatic rings. The third-order valence-electron chi connectivity index (χ3n) is 3.80. The number of carbonyl (C=O) groups is 1. The average molecular weight is 260 g/mol. The van der Waals surface area contributed by atoms with E-state index in [9.17, 15) is 4.79 Å². The van der Waals surface area contributed by atoms with Crippen LogP contribution in [0.25, 0.3) is 10.8 Å². The molecule has 0 radical (unpaired) electrons. The summed E-state index contributed by atoms with van der Waals surface area (Å²) < 4.78 is 5.55. The third kappa shape index (κ3) is 1.62. The number of hydrogen-bond donors (Lipinski definition) is 0. The van der Waals surface area contributed by atoms with Crippen LogP contribution in [0.4, 0.5) is 0 Å². The Morgan fingerprint density at radius 3 is 2.60 bits per heavy atom. The van der Waals surface area contributed by atoms with Crippen LogP contribution in [0.5, 0.6) is 5.75 Å². The second-order valence-electron chi connectivity index (χ2n) is 4.99. The van der Waals surface area contributed by atoms with E-state index in [0.717, 1.165) is 22.9 Å². The van der Waals surface area contributed by atoms with Crippen LogP contribution in [0.1, 0.15) is 21.5 Å². The van der Waals surface area contributed by atoms with E-state index in [4.69, 9.17) is 4.74 Å². The average Bonchev–Trinajstić information content (AvgIpc) is 2.64. The van der Waals surface area contributed by atoms with E-state index in [-0.39, 0.29) is 5.97 Å². The maximum absolute atomic E-state index is 12.2. The Balaban J connectivity index is 2.02. The summed E-state index contributed by atoms with van der Waals surface area (Å²) in [6, 6.07) is 19.7. The Labute approximate surface area is 116 Å². The van der Waals surface area contributed by atoms with Crippen LogP contribution in [-0.2, 0) is 6.42 Å². The molecular formula is C18H12O2. The molecule has 0 atom stereocenters. The van der Waals surface area contributed by atoms with Crippen LogP contribution in [0.3, 0.4) is 0 Å². The minimum absolute atomic E-state index is 0.269. The van der Waals surface area contributed by atoms with Gasteiger partial charge >= 0.3 is 5.97 Å². The van der Waals surface area contributed by atoms with Gasteiger partial charge in [0.05, 0.1) is 5.56 Å². The van der Waals surface area contributed by atoms with Crippen LogP contribution >= 0.6 is 0 Å². The van der Waals surface area contributed by atoms with Crippen molar-refractivity contribution >= 4 is 16.7 Å². The topological polar surface area (TPSA) is 26.3 Å². The Hall–Kier alpha value is -2.61. The van der Waals surface area contributed by atoms with E-state index in [2.05, 4.69) is 12.1 Å². The molecule has 0 bridgehead atoms. The molecule has 1 aliphatic heterocycles. The Bertz CT molecular complexity index is 834. The largest absolute Gasteiger partial charge is 0.423 e. The molecule has 96 valence electrons. The molecule has 2 nitrogen and oxygen atoms in total. The zero-order chi connectivity index (χ0) is 13.5. The molecule has 0 N–H and O–H groups in total. The van der Waals surface area contributed by atoms with Crippen molar-refractivity contribution in [3.05, 3.63) is 77.4 Å². The fourth-order valence-electron chi connectivity index (χ4n) is 2.81. The number of hydrogen-bond acceptors (Lipinski definition) is 2. The Kier molecular flexibility index (Phi) is 2.36. The fourth-order valence-corrected chi connectivity index (χ4v) is 2.81. The first kappa shape index (κ1) is 11.2. The number of fused-ring (bicyclic) bond motifs is 4. The SMILES string of the molecule is O=C1Oc2ccc3ccccc3c2Cc2ccccc21. The van der Waals surface area contributed by atoms with Gasteiger partial charge in [0.2, 0.25) is 0 Å². The second-order valence-corrected chi connectivity index (χ2v) is 4.99. The van der Waals surface area contributed by atoms with Crippen LogP contribution < -0.4 is 4.74 Å². The maximum atomic E-state index is 12.2. The molecule has 0 spiro atoms. The summed E-state index contributed by atoms with van der Waals surface area (Å²) in [5.41, 5.74) is 2.77. The first-order valence-electron chi connectivity index (χ1n) is 6.63. The van der Waals surface area contributed by atoms with E-state index >= 15 is 0 Å². The van der Waals surface area contributed by atoms with Crippen LogP contribution in [0.15, 0.2) is 60.7 Å². The van der Waals surface area contributed by atoms with Crippen LogP contribution in [0, 0.1) is 0 Å². The lowest BCUT2D eigenvalue weighted by Crippen LogP contribution is -2.08. The van der Waals surface area contributed by atoms with Crippen molar-refractivity contribution in [1.29, 1.82) is 0 Å². The van der Waals surface area contributed by atoms with Gasteiger partial charge < -0.3 is 4.74 Å². The van der Waals surface area contributed by atoms with Crippen molar-refractivity contribution in [2.24, 2.45) is 0 Å². The van der Waals surface area contributed by atoms with Gasteiger partial charge in [-0.3, -0.25) is 0 Å². The highest BCUT2D eigenvalue weighted by atomic mass is 16.5. The monoisotopic (exact) mass is 260 g/mol. The molecule has 0 saturated heterocycles. The zero-order valence-corrected chi connectivity index (χ0v) is 10.8. The standard InChI is InChI=1S/C18H12O2/c19-18-15-8-4-2-6-13(15)11-16-14-7-3-1-5-12(14)9-10-17(16)20-18/h1-10H,11H2. The first-order chi connectivity index (χ1) is 9.83. The molecule has 3 aromatic rings. The summed E-state index contributed by atoms with van der Waals surface area (Å²) in [7, 11) is 0. The van der Waals surface area contributed by atoms with E-state index in [1.54, 1.807) is 0 Å². The third-order valence-corrected chi connectivity index (χ3v) is 3.80. The van der Waals surface area contributed by atoms with Crippen LogP contribution in [0.2, 0.25) is 0 Å². The molecule has 1 heterocycles. The molecule has 0 fully saturated rings. The number of benzene rings is 3. The maximum Gasteiger partial charge on any atom is 0.343 e. The van der Waals surface area contributed by atoms with E-state index in [1.165, 1.54) is 5.39 Å². The summed E-state index contributed by atoms with van der Waals surface area (Å²) in [6.45, 7) is 0. The second kappa shape index (κ2) is 4.20. The van der Waals surface area contributed by atoms with Crippen molar-refractivity contribution in [2.75, 3.05) is 0 Å². The molecule has 4 rings (SSSR count). The number of rotatable bonds is 0. The molecule has 20 heavy (non-hydrogen) atoms. The Morgan fingerprint density at radius 2 is 1.65 bits per heavy atom. The highest BCUT2D eigenvalue weighted by Gasteiger charge is 2.21. The van der Waals surface area contributed by atoms with E-state index in [0.29, 0.717) is 11.3 Å². The van der Waals surface area contributed by atoms with Gasteiger partial charge in [-0.15, -0.1) is 0 Å². The molecule has 0 aromatic heterocycles. The van der Waals surface area contributed by atoms with Crippen molar-refractivity contribution in [1.82, 2.24) is 0 Å². The van der Waals surface area contributed by atoms with Gasteiger partial charge in [0.25, 0.3) is 0 Å². The summed E-state index contributed by atoms with van der Waals surface area (Å²) in [5.74, 6) is 0.402. The van der Waals surface area contributed by atoms with Crippen molar-refractivity contribution < 1.29 is 9.53 Å². The zero-order valence-electron chi connectivity index (χ0n) is 10.8. The molecular weight excluding hydrogens is 248 g/mol. The van der Waals surface area contributed by atoms with Crippen molar-refractivity contribution in [3.8, 4) is 5.75 Å². The minimum atomic E-state index is -0.269. The van der Waals surface area contributed by atoms with Gasteiger partial charge in [-0.05, 0) is 28.5 Å². The molecule has 3 aromatic carbocycles. The smallest absolute Gasteiger partial charge is 0.343 e. The summed E-state index contributed by atoms with van der Waals surface area (Å²) in [6.07, 6.45) is 0.721.